The lowest BCUT2D eigenvalue weighted by Crippen LogP contribution is -2.08. The molecule has 1 aromatic carbocycles. The molecule has 0 aliphatic carbocycles. The highest BCUT2D eigenvalue weighted by Crippen LogP contribution is 2.32. The average Bonchev–Trinajstić information content (AvgIpc) is 2.72. The Hall–Kier alpha value is -2.15. The second kappa shape index (κ2) is 4.79. The molecule has 0 atom stereocenters. The Bertz CT molecular complexity index is 494. The van der Waals surface area contributed by atoms with E-state index in [1.807, 2.05) is 0 Å². The Kier molecular flexibility index (Phi) is 3.20. The second-order valence-electron chi connectivity index (χ2n) is 3.77. The van der Waals surface area contributed by atoms with Crippen molar-refractivity contribution >= 4 is 5.97 Å². The summed E-state index contributed by atoms with van der Waals surface area (Å²) in [5.41, 5.74) is 0.690. The fourth-order valence-electron chi connectivity index (χ4n) is 1.34. The lowest BCUT2D eigenvalue weighted by molar-refractivity contribution is -0.140. The summed E-state index contributed by atoms with van der Waals surface area (Å²) >= 11 is 0. The predicted octanol–water partition coefficient (Wildman–Crippen LogP) is 1.72. The third kappa shape index (κ3) is 2.91. The first-order valence-corrected chi connectivity index (χ1v) is 5.27. The van der Waals surface area contributed by atoms with E-state index in [1.54, 1.807) is 32.0 Å². The summed E-state index contributed by atoms with van der Waals surface area (Å²) in [5, 5.41) is 0. The van der Waals surface area contributed by atoms with Crippen LogP contribution in [0.1, 0.15) is 19.4 Å². The van der Waals surface area contributed by atoms with Gasteiger partial charge in [-0.15, -0.1) is 0 Å². The van der Waals surface area contributed by atoms with Gasteiger partial charge in [0.2, 0.25) is 6.79 Å². The van der Waals surface area contributed by atoms with Crippen LogP contribution in [0.3, 0.4) is 0 Å². The number of carbonyl (C=O) groups excluding carboxylic acids is 1. The Morgan fingerprint density at radius 3 is 2.88 bits per heavy atom. The summed E-state index contributed by atoms with van der Waals surface area (Å²) in [5.74, 6) is 5.95. The van der Waals surface area contributed by atoms with E-state index < -0.39 is 5.97 Å². The topological polar surface area (TPSA) is 44.8 Å². The van der Waals surface area contributed by atoms with Crippen LogP contribution in [0.25, 0.3) is 0 Å². The number of fused-ring (bicyclic) bond motifs is 1. The molecule has 1 aliphatic heterocycles. The number of rotatable bonds is 1. The maximum atomic E-state index is 11.2. The van der Waals surface area contributed by atoms with Crippen molar-refractivity contribution in [3.63, 3.8) is 0 Å². The monoisotopic (exact) mass is 232 g/mol. The first kappa shape index (κ1) is 11.3. The molecule has 1 aromatic rings. The van der Waals surface area contributed by atoms with Crippen LogP contribution in [0.2, 0.25) is 0 Å². The molecule has 0 amide bonds. The molecule has 4 heteroatoms. The summed E-state index contributed by atoms with van der Waals surface area (Å²) in [7, 11) is 0. The third-order valence-corrected chi connectivity index (χ3v) is 2.02. The van der Waals surface area contributed by atoms with E-state index >= 15 is 0 Å². The van der Waals surface area contributed by atoms with Crippen molar-refractivity contribution in [2.45, 2.75) is 20.0 Å². The summed E-state index contributed by atoms with van der Waals surface area (Å²) in [4.78, 5) is 11.2. The minimum atomic E-state index is -0.530. The van der Waals surface area contributed by atoms with E-state index in [0.29, 0.717) is 17.1 Å². The van der Waals surface area contributed by atoms with E-state index in [0.717, 1.165) is 0 Å². The van der Waals surface area contributed by atoms with Gasteiger partial charge >= 0.3 is 5.97 Å². The number of hydrogen-bond donors (Lipinski definition) is 0. The van der Waals surface area contributed by atoms with Crippen molar-refractivity contribution in [2.75, 3.05) is 6.79 Å². The molecule has 0 N–H and O–H groups in total. The minimum Gasteiger partial charge on any atom is -0.454 e. The van der Waals surface area contributed by atoms with Crippen molar-refractivity contribution < 1.29 is 19.0 Å². The Morgan fingerprint density at radius 2 is 2.12 bits per heavy atom. The molecule has 2 rings (SSSR count). The van der Waals surface area contributed by atoms with Gasteiger partial charge in [0.25, 0.3) is 0 Å². The molecule has 0 aromatic heterocycles. The normalized spacial score (nSPS) is 11.9. The van der Waals surface area contributed by atoms with Crippen LogP contribution >= 0.6 is 0 Å². The number of ether oxygens (including phenoxy) is 3. The van der Waals surface area contributed by atoms with E-state index in [1.165, 1.54) is 0 Å². The van der Waals surface area contributed by atoms with Crippen LogP contribution in [0, 0.1) is 11.8 Å². The van der Waals surface area contributed by atoms with Gasteiger partial charge in [0, 0.05) is 11.5 Å². The number of esters is 1. The Balaban J connectivity index is 2.09. The molecule has 0 saturated carbocycles. The summed E-state index contributed by atoms with van der Waals surface area (Å²) in [6, 6.07) is 5.27. The molecule has 1 heterocycles. The fraction of sp³-hybridized carbons (Fsp3) is 0.308. The average molecular weight is 232 g/mol. The molecule has 0 fully saturated rings. The maximum Gasteiger partial charge on any atom is 0.384 e. The van der Waals surface area contributed by atoms with Gasteiger partial charge in [0.15, 0.2) is 11.5 Å². The largest absolute Gasteiger partial charge is 0.454 e. The quantitative estimate of drug-likeness (QED) is 0.546. The Labute approximate surface area is 99.5 Å². The van der Waals surface area contributed by atoms with Crippen LogP contribution < -0.4 is 9.47 Å². The molecule has 0 bridgehead atoms. The van der Waals surface area contributed by atoms with E-state index in [2.05, 4.69) is 11.8 Å². The van der Waals surface area contributed by atoms with Crippen LogP contribution in [-0.4, -0.2) is 18.9 Å². The number of benzene rings is 1. The van der Waals surface area contributed by atoms with Gasteiger partial charge in [-0.3, -0.25) is 0 Å². The van der Waals surface area contributed by atoms with E-state index in [-0.39, 0.29) is 12.9 Å². The van der Waals surface area contributed by atoms with Crippen LogP contribution in [0.5, 0.6) is 11.5 Å². The van der Waals surface area contributed by atoms with Crippen molar-refractivity contribution in [1.29, 1.82) is 0 Å². The van der Waals surface area contributed by atoms with Gasteiger partial charge in [0.1, 0.15) is 0 Å². The SMILES string of the molecule is CC(C)OC(=O)C#Cc1ccc2c(c1)OCO2. The maximum absolute atomic E-state index is 11.2. The Morgan fingerprint density at radius 1 is 1.35 bits per heavy atom. The molecule has 88 valence electrons. The van der Waals surface area contributed by atoms with Crippen molar-refractivity contribution in [1.82, 2.24) is 0 Å². The smallest absolute Gasteiger partial charge is 0.384 e. The number of hydrogen-bond acceptors (Lipinski definition) is 4. The zero-order valence-corrected chi connectivity index (χ0v) is 9.65. The van der Waals surface area contributed by atoms with Gasteiger partial charge < -0.3 is 14.2 Å². The van der Waals surface area contributed by atoms with E-state index in [9.17, 15) is 4.79 Å². The summed E-state index contributed by atoms with van der Waals surface area (Å²) in [6.07, 6.45) is -0.159. The minimum absolute atomic E-state index is 0.159. The highest BCUT2D eigenvalue weighted by molar-refractivity contribution is 5.89. The summed E-state index contributed by atoms with van der Waals surface area (Å²) < 4.78 is 15.3. The zero-order chi connectivity index (χ0) is 12.3. The number of carbonyl (C=O) groups is 1. The molecule has 0 radical (unpaired) electrons. The first-order valence-electron chi connectivity index (χ1n) is 5.27. The molecular formula is C13H12O4. The van der Waals surface area contributed by atoms with Gasteiger partial charge in [-0.2, -0.15) is 0 Å². The van der Waals surface area contributed by atoms with Crippen LogP contribution in [-0.2, 0) is 9.53 Å². The lowest BCUT2D eigenvalue weighted by Gasteiger charge is -2.01. The fourth-order valence-corrected chi connectivity index (χ4v) is 1.34. The first-order chi connectivity index (χ1) is 8.15. The lowest BCUT2D eigenvalue weighted by atomic mass is 10.2. The van der Waals surface area contributed by atoms with Gasteiger partial charge in [-0.25, -0.2) is 4.79 Å². The zero-order valence-electron chi connectivity index (χ0n) is 9.65. The highest BCUT2D eigenvalue weighted by Gasteiger charge is 2.12. The van der Waals surface area contributed by atoms with Crippen molar-refractivity contribution in [3.8, 4) is 23.3 Å². The second-order valence-corrected chi connectivity index (χ2v) is 3.77. The van der Waals surface area contributed by atoms with Crippen LogP contribution in [0.15, 0.2) is 18.2 Å². The van der Waals surface area contributed by atoms with Gasteiger partial charge in [-0.1, -0.05) is 5.92 Å². The molecular weight excluding hydrogens is 220 g/mol. The molecule has 0 unspecified atom stereocenters. The third-order valence-electron chi connectivity index (χ3n) is 2.02. The highest BCUT2D eigenvalue weighted by atomic mass is 16.7. The molecule has 0 saturated heterocycles. The van der Waals surface area contributed by atoms with Crippen LogP contribution in [0.4, 0.5) is 0 Å². The standard InChI is InChI=1S/C13H12O4/c1-9(2)17-13(14)6-4-10-3-5-11-12(7-10)16-8-15-11/h3,5,7,9H,8H2,1-2H3. The van der Waals surface area contributed by atoms with Gasteiger partial charge in [0.05, 0.1) is 6.10 Å². The van der Waals surface area contributed by atoms with E-state index in [4.69, 9.17) is 14.2 Å². The molecule has 4 nitrogen and oxygen atoms in total. The molecule has 1 aliphatic rings. The molecule has 17 heavy (non-hydrogen) atoms. The summed E-state index contributed by atoms with van der Waals surface area (Å²) in [6.45, 7) is 3.78. The molecule has 0 spiro atoms. The van der Waals surface area contributed by atoms with Crippen molar-refractivity contribution in [3.05, 3.63) is 23.8 Å². The van der Waals surface area contributed by atoms with Gasteiger partial charge in [-0.05, 0) is 32.0 Å². The van der Waals surface area contributed by atoms with Crippen molar-refractivity contribution in [2.24, 2.45) is 0 Å². The predicted molar refractivity (Wildman–Crippen MR) is 60.7 cm³/mol.